The van der Waals surface area contributed by atoms with E-state index in [1.807, 2.05) is 7.05 Å². The second-order valence-corrected chi connectivity index (χ2v) is 5.70. The van der Waals surface area contributed by atoms with E-state index in [-0.39, 0.29) is 0 Å². The lowest BCUT2D eigenvalue weighted by Crippen LogP contribution is -2.26. The topological polar surface area (TPSA) is 18.5 Å². The minimum atomic E-state index is 1.05. The molecule has 0 fully saturated rings. The normalized spacial score (nSPS) is 11.5. The second-order valence-electron chi connectivity index (χ2n) is 5.70. The first-order valence-electron chi connectivity index (χ1n) is 7.75. The van der Waals surface area contributed by atoms with Gasteiger partial charge < -0.3 is 10.2 Å². The molecule has 1 aromatic carbocycles. The lowest BCUT2D eigenvalue weighted by Gasteiger charge is -2.21. The smallest absolute Gasteiger partial charge is 0.0233 e. The van der Waals surface area contributed by atoms with Crippen LogP contribution in [0, 0.1) is 0 Å². The first kappa shape index (κ1) is 17.2. The Morgan fingerprint density at radius 3 is 2.20 bits per heavy atom. The molecule has 1 N–H and O–H groups in total. The zero-order chi connectivity index (χ0) is 14.8. The van der Waals surface area contributed by atoms with Crippen molar-refractivity contribution in [1.29, 1.82) is 0 Å². The van der Waals surface area contributed by atoms with E-state index < -0.39 is 0 Å². The highest BCUT2D eigenvalue weighted by Gasteiger charge is 2.04. The number of likely N-dealkylation sites (N-methyl/N-ethyl adjacent to an activating group) is 1. The van der Waals surface area contributed by atoms with Gasteiger partial charge in [-0.15, -0.1) is 0 Å². The van der Waals surface area contributed by atoms with Crippen LogP contribution < -0.4 is 5.32 Å². The standard InChI is InChI=1S/C17H31N3/c1-5-20(14-6-13-19(3)4)15-17-9-7-16(8-10-17)11-12-18-2/h7-10,18H,5-6,11-15H2,1-4H3. The Balaban J connectivity index is 2.40. The third-order valence-electron chi connectivity index (χ3n) is 3.62. The molecule has 0 atom stereocenters. The highest BCUT2D eigenvalue weighted by molar-refractivity contribution is 5.22. The summed E-state index contributed by atoms with van der Waals surface area (Å²) < 4.78 is 0. The molecule has 0 saturated heterocycles. The lowest BCUT2D eigenvalue weighted by atomic mass is 10.1. The fourth-order valence-electron chi connectivity index (χ4n) is 2.30. The van der Waals surface area contributed by atoms with Crippen molar-refractivity contribution < 1.29 is 0 Å². The number of hydrogen-bond acceptors (Lipinski definition) is 3. The number of nitrogens with zero attached hydrogens (tertiary/aromatic N) is 2. The van der Waals surface area contributed by atoms with Gasteiger partial charge >= 0.3 is 0 Å². The molecule has 0 aromatic heterocycles. The molecule has 3 heteroatoms. The summed E-state index contributed by atoms with van der Waals surface area (Å²) in [5.41, 5.74) is 2.84. The Labute approximate surface area is 125 Å². The van der Waals surface area contributed by atoms with Crippen LogP contribution in [0.2, 0.25) is 0 Å². The molecule has 0 aliphatic rings. The van der Waals surface area contributed by atoms with Crippen LogP contribution in [0.1, 0.15) is 24.5 Å². The van der Waals surface area contributed by atoms with Gasteiger partial charge in [-0.3, -0.25) is 4.90 Å². The zero-order valence-electron chi connectivity index (χ0n) is 13.7. The monoisotopic (exact) mass is 277 g/mol. The summed E-state index contributed by atoms with van der Waals surface area (Å²) in [6.45, 7) is 7.82. The second kappa shape index (κ2) is 9.92. The van der Waals surface area contributed by atoms with Crippen LogP contribution in [-0.4, -0.2) is 57.1 Å². The van der Waals surface area contributed by atoms with Crippen molar-refractivity contribution in [2.45, 2.75) is 26.3 Å². The SMILES string of the molecule is CCN(CCCN(C)C)Cc1ccc(CCNC)cc1. The predicted octanol–water partition coefficient (Wildman–Crippen LogP) is 2.22. The molecule has 0 aliphatic carbocycles. The minimum Gasteiger partial charge on any atom is -0.319 e. The summed E-state index contributed by atoms with van der Waals surface area (Å²) in [4.78, 5) is 4.77. The molecule has 3 nitrogen and oxygen atoms in total. The van der Waals surface area contributed by atoms with Crippen molar-refractivity contribution in [3.63, 3.8) is 0 Å². The van der Waals surface area contributed by atoms with Gasteiger partial charge in [0.1, 0.15) is 0 Å². The van der Waals surface area contributed by atoms with Gasteiger partial charge in [0.2, 0.25) is 0 Å². The molecule has 0 spiro atoms. The molecular weight excluding hydrogens is 246 g/mol. The van der Waals surface area contributed by atoms with Crippen LogP contribution in [0.3, 0.4) is 0 Å². The number of hydrogen-bond donors (Lipinski definition) is 1. The van der Waals surface area contributed by atoms with Crippen molar-refractivity contribution in [2.75, 3.05) is 47.3 Å². The fraction of sp³-hybridized carbons (Fsp3) is 0.647. The van der Waals surface area contributed by atoms with Gasteiger partial charge in [-0.1, -0.05) is 31.2 Å². The predicted molar refractivity (Wildman–Crippen MR) is 88.2 cm³/mol. The van der Waals surface area contributed by atoms with Crippen LogP contribution in [0.4, 0.5) is 0 Å². The highest BCUT2D eigenvalue weighted by atomic mass is 15.1. The van der Waals surface area contributed by atoms with Gasteiger partial charge in [-0.05, 0) is 71.3 Å². The molecule has 1 rings (SSSR count). The van der Waals surface area contributed by atoms with Crippen molar-refractivity contribution in [2.24, 2.45) is 0 Å². The summed E-state index contributed by atoms with van der Waals surface area (Å²) in [6, 6.07) is 9.08. The summed E-state index contributed by atoms with van der Waals surface area (Å²) in [5, 5.41) is 3.19. The fourth-order valence-corrected chi connectivity index (χ4v) is 2.30. The molecule has 114 valence electrons. The molecule has 0 aliphatic heterocycles. The molecule has 0 saturated carbocycles. The summed E-state index contributed by atoms with van der Waals surface area (Å²) in [7, 11) is 6.28. The Hall–Kier alpha value is -0.900. The van der Waals surface area contributed by atoms with Gasteiger partial charge in [0.25, 0.3) is 0 Å². The number of benzene rings is 1. The van der Waals surface area contributed by atoms with Gasteiger partial charge in [0.15, 0.2) is 0 Å². The van der Waals surface area contributed by atoms with Crippen molar-refractivity contribution in [3.8, 4) is 0 Å². The van der Waals surface area contributed by atoms with E-state index >= 15 is 0 Å². The maximum Gasteiger partial charge on any atom is 0.0233 e. The van der Waals surface area contributed by atoms with Crippen LogP contribution >= 0.6 is 0 Å². The van der Waals surface area contributed by atoms with E-state index in [9.17, 15) is 0 Å². The lowest BCUT2D eigenvalue weighted by molar-refractivity contribution is 0.259. The van der Waals surface area contributed by atoms with E-state index in [1.54, 1.807) is 0 Å². The van der Waals surface area contributed by atoms with Crippen LogP contribution in [-0.2, 0) is 13.0 Å². The Bertz CT molecular complexity index is 346. The van der Waals surface area contributed by atoms with Gasteiger partial charge in [-0.2, -0.15) is 0 Å². The Morgan fingerprint density at radius 1 is 1.00 bits per heavy atom. The third kappa shape index (κ3) is 7.04. The molecule has 20 heavy (non-hydrogen) atoms. The van der Waals surface area contributed by atoms with E-state index in [0.29, 0.717) is 0 Å². The number of nitrogens with one attached hydrogen (secondary N) is 1. The minimum absolute atomic E-state index is 1.05. The van der Waals surface area contributed by atoms with Gasteiger partial charge in [0, 0.05) is 6.54 Å². The molecule has 0 bridgehead atoms. The molecule has 1 aromatic rings. The van der Waals surface area contributed by atoms with Crippen molar-refractivity contribution in [3.05, 3.63) is 35.4 Å². The molecule has 0 unspecified atom stereocenters. The Kier molecular flexibility index (Phi) is 8.51. The molecule has 0 radical (unpaired) electrons. The Morgan fingerprint density at radius 2 is 1.65 bits per heavy atom. The highest BCUT2D eigenvalue weighted by Crippen LogP contribution is 2.08. The van der Waals surface area contributed by atoms with Gasteiger partial charge in [-0.25, -0.2) is 0 Å². The van der Waals surface area contributed by atoms with Crippen molar-refractivity contribution in [1.82, 2.24) is 15.1 Å². The van der Waals surface area contributed by atoms with E-state index in [0.717, 1.165) is 26.1 Å². The average Bonchev–Trinajstić information content (AvgIpc) is 2.45. The van der Waals surface area contributed by atoms with E-state index in [1.165, 1.54) is 30.6 Å². The van der Waals surface area contributed by atoms with E-state index in [2.05, 4.69) is 60.4 Å². The average molecular weight is 277 g/mol. The maximum absolute atomic E-state index is 3.19. The summed E-state index contributed by atoms with van der Waals surface area (Å²) in [6.07, 6.45) is 2.35. The van der Waals surface area contributed by atoms with Gasteiger partial charge in [0.05, 0.1) is 0 Å². The quantitative estimate of drug-likeness (QED) is 0.707. The molecular formula is C17H31N3. The zero-order valence-corrected chi connectivity index (χ0v) is 13.7. The third-order valence-corrected chi connectivity index (χ3v) is 3.62. The largest absolute Gasteiger partial charge is 0.319 e. The maximum atomic E-state index is 3.19. The first-order chi connectivity index (χ1) is 9.65. The molecule has 0 heterocycles. The van der Waals surface area contributed by atoms with E-state index in [4.69, 9.17) is 0 Å². The number of rotatable bonds is 10. The summed E-state index contributed by atoms with van der Waals surface area (Å²) in [5.74, 6) is 0. The molecule has 0 amide bonds. The first-order valence-corrected chi connectivity index (χ1v) is 7.75. The summed E-state index contributed by atoms with van der Waals surface area (Å²) >= 11 is 0. The van der Waals surface area contributed by atoms with Crippen LogP contribution in [0.5, 0.6) is 0 Å². The van der Waals surface area contributed by atoms with Crippen LogP contribution in [0.25, 0.3) is 0 Å². The van der Waals surface area contributed by atoms with Crippen LogP contribution in [0.15, 0.2) is 24.3 Å². The van der Waals surface area contributed by atoms with Crippen molar-refractivity contribution >= 4 is 0 Å².